The number of rotatable bonds is 5. The number of nitrogens with zero attached hydrogens (tertiary/aromatic N) is 2. The Morgan fingerprint density at radius 3 is 1.83 bits per heavy atom. The first-order valence-corrected chi connectivity index (χ1v) is 11.0. The second kappa shape index (κ2) is 9.55. The van der Waals surface area contributed by atoms with E-state index in [1.165, 1.54) is 21.2 Å². The molecule has 23 heavy (non-hydrogen) atoms. The van der Waals surface area contributed by atoms with Crippen molar-refractivity contribution in [3.8, 4) is 0 Å². The molecule has 0 saturated carbocycles. The van der Waals surface area contributed by atoms with E-state index >= 15 is 0 Å². The lowest BCUT2D eigenvalue weighted by atomic mass is 10.2. The minimum atomic E-state index is 1.04. The zero-order valence-corrected chi connectivity index (χ0v) is 17.1. The van der Waals surface area contributed by atoms with Crippen LogP contribution in [0.15, 0.2) is 58.3 Å². The number of likely N-dealkylation sites (N-methyl/N-ethyl adjacent to an activating group) is 1. The van der Waals surface area contributed by atoms with E-state index in [0.29, 0.717) is 0 Å². The number of anilines is 2. The molecule has 0 aliphatic carbocycles. The average Bonchev–Trinajstić information content (AvgIpc) is 2.63. The second-order valence-electron chi connectivity index (χ2n) is 5.22. The maximum atomic E-state index is 2.48. The molecule has 0 fully saturated rings. The van der Waals surface area contributed by atoms with E-state index in [2.05, 4.69) is 94.8 Å². The number of fused-ring (bicyclic) bond motifs is 2. The van der Waals surface area contributed by atoms with Gasteiger partial charge >= 0.3 is 0 Å². The molecule has 124 valence electrons. The number of alkyl halides is 1. The first kappa shape index (κ1) is 18.6. The largest absolute Gasteiger partial charge is 0.338 e. The molecule has 0 saturated heterocycles. The summed E-state index contributed by atoms with van der Waals surface area (Å²) in [7, 11) is 0. The Labute approximate surface area is 158 Å². The van der Waals surface area contributed by atoms with E-state index in [0.717, 1.165) is 26.2 Å². The molecule has 0 atom stereocenters. The van der Waals surface area contributed by atoms with Gasteiger partial charge in [-0.3, -0.25) is 0 Å². The molecule has 4 heteroatoms. The predicted molar refractivity (Wildman–Crippen MR) is 112 cm³/mol. The monoisotopic (exact) mass is 440 g/mol. The van der Waals surface area contributed by atoms with Crippen molar-refractivity contribution in [2.75, 3.05) is 36.0 Å². The van der Waals surface area contributed by atoms with Crippen LogP contribution in [-0.4, -0.2) is 36.0 Å². The topological polar surface area (TPSA) is 6.48 Å². The second-order valence-corrected chi connectivity index (χ2v) is 6.30. The predicted octanol–water partition coefficient (Wildman–Crippen LogP) is 5.68. The van der Waals surface area contributed by atoms with E-state index < -0.39 is 0 Å². The summed E-state index contributed by atoms with van der Waals surface area (Å²) < 4.78 is 0. The fourth-order valence-corrected chi connectivity index (χ4v) is 3.90. The Balaban J connectivity index is 0.000000924. The number of para-hydroxylation sites is 2. The van der Waals surface area contributed by atoms with Crippen LogP contribution in [0.5, 0.6) is 0 Å². The Bertz CT molecular complexity index is 568. The van der Waals surface area contributed by atoms with Gasteiger partial charge in [0.2, 0.25) is 0 Å². The summed E-state index contributed by atoms with van der Waals surface area (Å²) in [6.07, 6.45) is 0. The van der Waals surface area contributed by atoms with E-state index in [1.807, 2.05) is 16.7 Å². The fraction of sp³-hybridized carbons (Fsp3) is 0.368. The maximum absolute atomic E-state index is 2.48. The molecule has 0 bridgehead atoms. The first-order chi connectivity index (χ1) is 11.3. The molecular formula is C19H25IN2S. The van der Waals surface area contributed by atoms with Gasteiger partial charge in [0.1, 0.15) is 0 Å². The lowest BCUT2D eigenvalue weighted by molar-refractivity contribution is 0.312. The van der Waals surface area contributed by atoms with Crippen LogP contribution in [0.25, 0.3) is 0 Å². The van der Waals surface area contributed by atoms with Gasteiger partial charge in [-0.25, -0.2) is 0 Å². The summed E-state index contributed by atoms with van der Waals surface area (Å²) in [6, 6.07) is 17.4. The minimum absolute atomic E-state index is 1.04. The normalized spacial score (nSPS) is 12.3. The molecule has 1 aliphatic rings. The van der Waals surface area contributed by atoms with Crippen LogP contribution in [0.3, 0.4) is 0 Å². The highest BCUT2D eigenvalue weighted by molar-refractivity contribution is 14.1. The van der Waals surface area contributed by atoms with Crippen LogP contribution >= 0.6 is 34.4 Å². The number of benzene rings is 2. The van der Waals surface area contributed by atoms with Crippen molar-refractivity contribution < 1.29 is 0 Å². The number of halogens is 1. The molecule has 0 aromatic heterocycles. The number of hydrogen-bond donors (Lipinski definition) is 0. The molecule has 0 unspecified atom stereocenters. The molecule has 2 aromatic carbocycles. The van der Waals surface area contributed by atoms with Crippen molar-refractivity contribution in [2.45, 2.75) is 23.6 Å². The van der Waals surface area contributed by atoms with Crippen LogP contribution in [0.1, 0.15) is 13.8 Å². The smallest absolute Gasteiger partial charge is 0.0553 e. The zero-order valence-electron chi connectivity index (χ0n) is 14.1. The molecular weight excluding hydrogens is 415 g/mol. The van der Waals surface area contributed by atoms with Gasteiger partial charge in [-0.15, -0.1) is 0 Å². The van der Waals surface area contributed by atoms with E-state index in [4.69, 9.17) is 0 Å². The molecule has 1 heterocycles. The molecule has 2 nitrogen and oxygen atoms in total. The summed E-state index contributed by atoms with van der Waals surface area (Å²) in [5, 5.41) is 0. The van der Waals surface area contributed by atoms with Crippen LogP contribution in [-0.2, 0) is 0 Å². The van der Waals surface area contributed by atoms with Gasteiger partial charge in [0.25, 0.3) is 0 Å². The third-order valence-electron chi connectivity index (χ3n) is 4.07. The van der Waals surface area contributed by atoms with Gasteiger partial charge in [0.05, 0.1) is 11.4 Å². The minimum Gasteiger partial charge on any atom is -0.338 e. The molecule has 0 radical (unpaired) electrons. The molecule has 3 rings (SSSR count). The molecule has 0 N–H and O–H groups in total. The van der Waals surface area contributed by atoms with Crippen molar-refractivity contribution in [3.63, 3.8) is 0 Å². The summed E-state index contributed by atoms with van der Waals surface area (Å²) in [6.45, 7) is 8.83. The van der Waals surface area contributed by atoms with Gasteiger partial charge < -0.3 is 9.80 Å². The van der Waals surface area contributed by atoms with Gasteiger partial charge in [-0.05, 0) is 42.3 Å². The van der Waals surface area contributed by atoms with Gasteiger partial charge in [-0.2, -0.15) is 0 Å². The molecule has 1 aliphatic heterocycles. The van der Waals surface area contributed by atoms with Crippen LogP contribution in [0.2, 0.25) is 0 Å². The van der Waals surface area contributed by atoms with Crippen molar-refractivity contribution >= 4 is 45.7 Å². The molecule has 2 aromatic rings. The SMILES string of the molecule is CCN(CC)CCN1c2ccccc2Sc2ccccc21.CI. The van der Waals surface area contributed by atoms with Crippen LogP contribution < -0.4 is 4.90 Å². The van der Waals surface area contributed by atoms with Crippen molar-refractivity contribution in [1.29, 1.82) is 0 Å². The maximum Gasteiger partial charge on any atom is 0.0553 e. The fourth-order valence-electron chi connectivity index (χ4n) is 2.80. The van der Waals surface area contributed by atoms with E-state index in [1.54, 1.807) is 0 Å². The Morgan fingerprint density at radius 1 is 0.870 bits per heavy atom. The van der Waals surface area contributed by atoms with Gasteiger partial charge in [-0.1, -0.05) is 72.5 Å². The average molecular weight is 440 g/mol. The lowest BCUT2D eigenvalue weighted by Crippen LogP contribution is -2.33. The Kier molecular flexibility index (Phi) is 7.73. The van der Waals surface area contributed by atoms with Crippen LogP contribution in [0.4, 0.5) is 11.4 Å². The third-order valence-corrected chi connectivity index (χ3v) is 5.20. The highest BCUT2D eigenvalue weighted by Crippen LogP contribution is 2.47. The lowest BCUT2D eigenvalue weighted by Gasteiger charge is -2.34. The van der Waals surface area contributed by atoms with Crippen LogP contribution in [0, 0.1) is 0 Å². The Hall–Kier alpha value is -0.720. The quantitative estimate of drug-likeness (QED) is 0.436. The highest BCUT2D eigenvalue weighted by atomic mass is 127. The third kappa shape index (κ3) is 4.43. The summed E-state index contributed by atoms with van der Waals surface area (Å²) in [5.41, 5.74) is 2.68. The summed E-state index contributed by atoms with van der Waals surface area (Å²) >= 11 is 4.03. The zero-order chi connectivity index (χ0) is 16.7. The van der Waals surface area contributed by atoms with E-state index in [-0.39, 0.29) is 0 Å². The number of hydrogen-bond acceptors (Lipinski definition) is 3. The van der Waals surface area contributed by atoms with Gasteiger partial charge in [0.15, 0.2) is 0 Å². The summed E-state index contributed by atoms with van der Waals surface area (Å²) in [4.78, 5) is 9.64. The van der Waals surface area contributed by atoms with E-state index in [9.17, 15) is 0 Å². The molecule has 0 amide bonds. The standard InChI is InChI=1S/C18H22N2S.CH3I/c1-3-19(4-2)13-14-20-15-9-5-7-11-17(15)21-18-12-8-6-10-16(18)20;1-2/h5-12H,3-4,13-14H2,1-2H3;1H3. The summed E-state index contributed by atoms with van der Waals surface area (Å²) in [5.74, 6) is 0. The van der Waals surface area contributed by atoms with Crippen molar-refractivity contribution in [3.05, 3.63) is 48.5 Å². The Morgan fingerprint density at radius 2 is 1.35 bits per heavy atom. The van der Waals surface area contributed by atoms with Gasteiger partial charge in [0, 0.05) is 22.9 Å². The van der Waals surface area contributed by atoms with Crippen molar-refractivity contribution in [2.24, 2.45) is 0 Å². The molecule has 0 spiro atoms. The van der Waals surface area contributed by atoms with Crippen molar-refractivity contribution in [1.82, 2.24) is 4.90 Å². The highest BCUT2D eigenvalue weighted by Gasteiger charge is 2.22. The first-order valence-electron chi connectivity index (χ1n) is 8.07.